The molecule has 0 saturated carbocycles. The second-order valence-corrected chi connectivity index (χ2v) is 8.30. The first-order valence-corrected chi connectivity index (χ1v) is 9.65. The van der Waals surface area contributed by atoms with Crippen LogP contribution in [0.5, 0.6) is 5.75 Å². The summed E-state index contributed by atoms with van der Waals surface area (Å²) in [7, 11) is -2.98. The smallest absolute Gasteiger partial charge is 0.315 e. The lowest BCUT2D eigenvalue weighted by molar-refractivity contribution is 0.233. The van der Waals surface area contributed by atoms with Crippen molar-refractivity contribution < 1.29 is 17.9 Å². The average molecular weight is 340 g/mol. The van der Waals surface area contributed by atoms with Gasteiger partial charge in [-0.05, 0) is 30.0 Å². The van der Waals surface area contributed by atoms with E-state index in [9.17, 15) is 13.2 Å². The van der Waals surface area contributed by atoms with E-state index >= 15 is 0 Å². The van der Waals surface area contributed by atoms with Crippen LogP contribution < -0.4 is 15.4 Å². The van der Waals surface area contributed by atoms with Crippen LogP contribution in [-0.2, 0) is 9.84 Å². The Kier molecular flexibility index (Phi) is 5.87. The lowest BCUT2D eigenvalue weighted by Crippen LogP contribution is -2.43. The number of sulfone groups is 1. The Labute approximate surface area is 137 Å². The number of hydrogen-bond acceptors (Lipinski definition) is 4. The normalized spacial score (nSPS) is 19.5. The van der Waals surface area contributed by atoms with Crippen molar-refractivity contribution in [1.29, 1.82) is 0 Å². The van der Waals surface area contributed by atoms with Crippen molar-refractivity contribution in [2.75, 3.05) is 24.7 Å². The summed E-state index contributed by atoms with van der Waals surface area (Å²) >= 11 is 0. The number of benzene rings is 1. The highest BCUT2D eigenvalue weighted by Gasteiger charge is 2.28. The molecule has 1 aliphatic heterocycles. The van der Waals surface area contributed by atoms with E-state index in [4.69, 9.17) is 4.74 Å². The summed E-state index contributed by atoms with van der Waals surface area (Å²) in [5.41, 5.74) is 1.25. The Morgan fingerprint density at radius 1 is 1.30 bits per heavy atom. The first-order valence-electron chi connectivity index (χ1n) is 7.83. The van der Waals surface area contributed by atoms with Crippen molar-refractivity contribution in [3.05, 3.63) is 29.8 Å². The van der Waals surface area contributed by atoms with Crippen molar-refractivity contribution >= 4 is 15.9 Å². The van der Waals surface area contributed by atoms with Crippen molar-refractivity contribution in [2.24, 2.45) is 0 Å². The molecular weight excluding hydrogens is 316 g/mol. The minimum atomic E-state index is -2.98. The van der Waals surface area contributed by atoms with E-state index in [1.54, 1.807) is 0 Å². The summed E-state index contributed by atoms with van der Waals surface area (Å²) in [4.78, 5) is 11.7. The maximum absolute atomic E-state index is 11.7. The van der Waals surface area contributed by atoms with Gasteiger partial charge in [0.25, 0.3) is 0 Å². The number of urea groups is 1. The van der Waals surface area contributed by atoms with Crippen molar-refractivity contribution in [1.82, 2.24) is 10.6 Å². The summed E-state index contributed by atoms with van der Waals surface area (Å²) in [5.74, 6) is 1.42. The third kappa shape index (κ3) is 5.74. The Morgan fingerprint density at radius 3 is 2.57 bits per heavy atom. The Bertz CT molecular complexity index is 626. The molecule has 0 spiro atoms. The summed E-state index contributed by atoms with van der Waals surface area (Å²) in [5, 5.41) is 5.34. The third-order valence-corrected chi connectivity index (χ3v) is 5.54. The molecule has 1 aromatic carbocycles. The largest absolute Gasteiger partial charge is 0.492 e. The van der Waals surface area contributed by atoms with Gasteiger partial charge >= 0.3 is 6.03 Å². The minimum absolute atomic E-state index is 0.0269. The first-order chi connectivity index (χ1) is 10.9. The van der Waals surface area contributed by atoms with Gasteiger partial charge in [0.15, 0.2) is 9.84 Å². The van der Waals surface area contributed by atoms with Crippen LogP contribution in [0, 0.1) is 0 Å². The number of ether oxygens (including phenoxy) is 1. The Morgan fingerprint density at radius 2 is 2.00 bits per heavy atom. The van der Waals surface area contributed by atoms with Gasteiger partial charge in [-0.3, -0.25) is 0 Å². The van der Waals surface area contributed by atoms with Gasteiger partial charge in [-0.15, -0.1) is 0 Å². The highest BCUT2D eigenvalue weighted by Crippen LogP contribution is 2.18. The standard InChI is InChI=1S/C16H24N2O4S/c1-12(2)13-3-5-15(6-4-13)22-9-8-17-16(19)18-14-7-10-23(20,21)11-14/h3-6,12,14H,7-11H2,1-2H3,(H2,17,18,19). The highest BCUT2D eigenvalue weighted by atomic mass is 32.2. The van der Waals surface area contributed by atoms with E-state index in [1.807, 2.05) is 24.3 Å². The Balaban J connectivity index is 1.64. The maximum Gasteiger partial charge on any atom is 0.315 e. The van der Waals surface area contributed by atoms with E-state index in [1.165, 1.54) is 5.56 Å². The van der Waals surface area contributed by atoms with Gasteiger partial charge in [0.1, 0.15) is 12.4 Å². The zero-order valence-corrected chi connectivity index (χ0v) is 14.4. The number of rotatable bonds is 6. The maximum atomic E-state index is 11.7. The molecule has 1 atom stereocenters. The van der Waals surface area contributed by atoms with Gasteiger partial charge in [0.2, 0.25) is 0 Å². The topological polar surface area (TPSA) is 84.5 Å². The number of carbonyl (C=O) groups is 1. The number of carbonyl (C=O) groups excluding carboxylic acids is 1. The fourth-order valence-corrected chi connectivity index (χ4v) is 4.10. The predicted molar refractivity (Wildman–Crippen MR) is 89.6 cm³/mol. The molecular formula is C16H24N2O4S. The van der Waals surface area contributed by atoms with Crippen LogP contribution in [0.15, 0.2) is 24.3 Å². The molecule has 1 unspecified atom stereocenters. The van der Waals surface area contributed by atoms with Gasteiger partial charge < -0.3 is 15.4 Å². The molecule has 2 N–H and O–H groups in total. The molecule has 1 saturated heterocycles. The molecule has 23 heavy (non-hydrogen) atoms. The van der Waals surface area contributed by atoms with E-state index in [-0.39, 0.29) is 23.6 Å². The van der Waals surface area contributed by atoms with Crippen LogP contribution in [0.3, 0.4) is 0 Å². The van der Waals surface area contributed by atoms with Crippen LogP contribution >= 0.6 is 0 Å². The summed E-state index contributed by atoms with van der Waals surface area (Å²) in [6.45, 7) is 4.98. The molecule has 1 fully saturated rings. The van der Waals surface area contributed by atoms with Crippen LogP contribution in [0.4, 0.5) is 4.79 Å². The number of hydrogen-bond donors (Lipinski definition) is 2. The van der Waals surface area contributed by atoms with E-state index < -0.39 is 9.84 Å². The molecule has 0 aromatic heterocycles. The van der Waals surface area contributed by atoms with Gasteiger partial charge in [-0.1, -0.05) is 26.0 Å². The average Bonchev–Trinajstić information content (AvgIpc) is 2.83. The van der Waals surface area contributed by atoms with E-state index in [0.717, 1.165) is 5.75 Å². The van der Waals surface area contributed by atoms with Gasteiger partial charge in [0.05, 0.1) is 18.1 Å². The molecule has 128 valence electrons. The van der Waals surface area contributed by atoms with Crippen LogP contribution in [0.25, 0.3) is 0 Å². The second-order valence-electron chi connectivity index (χ2n) is 6.07. The summed E-state index contributed by atoms with van der Waals surface area (Å²) in [6.07, 6.45) is 0.481. The molecule has 2 amide bonds. The van der Waals surface area contributed by atoms with Gasteiger partial charge in [-0.2, -0.15) is 0 Å². The SMILES string of the molecule is CC(C)c1ccc(OCCNC(=O)NC2CCS(=O)(=O)C2)cc1. The lowest BCUT2D eigenvalue weighted by Gasteiger charge is -2.13. The molecule has 2 rings (SSSR count). The summed E-state index contributed by atoms with van der Waals surface area (Å²) < 4.78 is 28.2. The molecule has 7 heteroatoms. The third-order valence-electron chi connectivity index (χ3n) is 3.77. The molecule has 6 nitrogen and oxygen atoms in total. The van der Waals surface area contributed by atoms with Crippen molar-refractivity contribution in [3.63, 3.8) is 0 Å². The quantitative estimate of drug-likeness (QED) is 0.772. The molecule has 1 heterocycles. The molecule has 1 aromatic rings. The molecule has 0 bridgehead atoms. The van der Waals surface area contributed by atoms with Crippen molar-refractivity contribution in [3.8, 4) is 5.75 Å². The highest BCUT2D eigenvalue weighted by molar-refractivity contribution is 7.91. The molecule has 1 aliphatic rings. The number of amides is 2. The monoisotopic (exact) mass is 340 g/mol. The number of nitrogens with one attached hydrogen (secondary N) is 2. The summed E-state index contributed by atoms with van der Waals surface area (Å²) in [6, 6.07) is 7.24. The zero-order valence-electron chi connectivity index (χ0n) is 13.5. The second kappa shape index (κ2) is 7.68. The van der Waals surface area contributed by atoms with E-state index in [2.05, 4.69) is 24.5 Å². The molecule has 0 radical (unpaired) electrons. The van der Waals surface area contributed by atoms with Crippen LogP contribution in [0.1, 0.15) is 31.7 Å². The zero-order chi connectivity index (χ0) is 16.9. The van der Waals surface area contributed by atoms with E-state index in [0.29, 0.717) is 25.5 Å². The Hall–Kier alpha value is -1.76. The fraction of sp³-hybridized carbons (Fsp3) is 0.562. The van der Waals surface area contributed by atoms with Crippen LogP contribution in [0.2, 0.25) is 0 Å². The lowest BCUT2D eigenvalue weighted by atomic mass is 10.0. The minimum Gasteiger partial charge on any atom is -0.492 e. The van der Waals surface area contributed by atoms with Gasteiger partial charge in [0, 0.05) is 6.04 Å². The predicted octanol–water partition coefficient (Wildman–Crippen LogP) is 1.68. The fourth-order valence-electron chi connectivity index (χ4n) is 2.43. The van der Waals surface area contributed by atoms with Crippen LogP contribution in [-0.4, -0.2) is 45.1 Å². The molecule has 0 aliphatic carbocycles. The first kappa shape index (κ1) is 17.6. The van der Waals surface area contributed by atoms with Crippen molar-refractivity contribution in [2.45, 2.75) is 32.2 Å². The van der Waals surface area contributed by atoms with Gasteiger partial charge in [-0.25, -0.2) is 13.2 Å².